The average molecular weight is 260 g/mol. The third-order valence-electron chi connectivity index (χ3n) is 2.99. The van der Waals surface area contributed by atoms with E-state index < -0.39 is 9.84 Å². The molecule has 1 saturated carbocycles. The maximum absolute atomic E-state index is 12.0. The quantitative estimate of drug-likeness (QED) is 0.849. The lowest BCUT2D eigenvalue weighted by Crippen LogP contribution is -2.22. The van der Waals surface area contributed by atoms with Gasteiger partial charge in [0.05, 0.1) is 16.3 Å². The number of hydrogen-bond acceptors (Lipinski definition) is 3. The van der Waals surface area contributed by atoms with Crippen molar-refractivity contribution in [3.05, 3.63) is 23.2 Å². The fourth-order valence-corrected chi connectivity index (χ4v) is 3.87. The lowest BCUT2D eigenvalue weighted by molar-refractivity contribution is 0.347. The van der Waals surface area contributed by atoms with Gasteiger partial charge in [-0.25, -0.2) is 8.42 Å². The number of sulfone groups is 1. The van der Waals surface area contributed by atoms with Crippen LogP contribution in [-0.4, -0.2) is 14.2 Å². The Bertz CT molecular complexity index is 495. The summed E-state index contributed by atoms with van der Waals surface area (Å²) in [5.41, 5.74) is 5.92. The second-order valence-electron chi connectivity index (χ2n) is 4.26. The van der Waals surface area contributed by atoms with Crippen molar-refractivity contribution in [2.45, 2.75) is 24.2 Å². The molecule has 2 N–H and O–H groups in total. The summed E-state index contributed by atoms with van der Waals surface area (Å²) < 4.78 is 24.1. The summed E-state index contributed by atoms with van der Waals surface area (Å²) >= 11 is 5.74. The van der Waals surface area contributed by atoms with Crippen molar-refractivity contribution in [3.63, 3.8) is 0 Å². The number of hydrogen-bond donors (Lipinski definition) is 1. The van der Waals surface area contributed by atoms with E-state index in [0.29, 0.717) is 10.9 Å². The first-order chi connectivity index (χ1) is 7.49. The molecular formula is C11H14ClNO2S. The monoisotopic (exact) mass is 259 g/mol. The molecule has 0 unspecified atom stereocenters. The van der Waals surface area contributed by atoms with Crippen molar-refractivity contribution in [2.75, 3.05) is 11.5 Å². The van der Waals surface area contributed by atoms with Crippen LogP contribution < -0.4 is 5.73 Å². The molecule has 0 radical (unpaired) electrons. The summed E-state index contributed by atoms with van der Waals surface area (Å²) in [5, 5.41) is 0.458. The molecule has 2 rings (SSSR count). The van der Waals surface area contributed by atoms with Crippen LogP contribution in [0.3, 0.4) is 0 Å². The minimum atomic E-state index is -3.25. The zero-order valence-electron chi connectivity index (χ0n) is 8.82. The average Bonchev–Trinajstić information content (AvgIpc) is 2.11. The Morgan fingerprint density at radius 2 is 2.06 bits per heavy atom. The normalized spacial score (nSPS) is 17.1. The highest BCUT2D eigenvalue weighted by atomic mass is 35.5. The van der Waals surface area contributed by atoms with Crippen molar-refractivity contribution < 1.29 is 8.42 Å². The van der Waals surface area contributed by atoms with Crippen LogP contribution in [0.5, 0.6) is 0 Å². The van der Waals surface area contributed by atoms with Crippen LogP contribution in [0.15, 0.2) is 23.1 Å². The van der Waals surface area contributed by atoms with Crippen LogP contribution in [0.2, 0.25) is 5.02 Å². The van der Waals surface area contributed by atoms with Gasteiger partial charge in [-0.2, -0.15) is 0 Å². The molecule has 0 atom stereocenters. The SMILES string of the molecule is Nc1cc(Cl)ccc1S(=O)(=O)CC1CCC1. The molecule has 88 valence electrons. The Morgan fingerprint density at radius 1 is 1.38 bits per heavy atom. The van der Waals surface area contributed by atoms with Gasteiger partial charge in [-0.1, -0.05) is 18.0 Å². The molecule has 16 heavy (non-hydrogen) atoms. The van der Waals surface area contributed by atoms with Gasteiger partial charge in [-0.3, -0.25) is 0 Å². The van der Waals surface area contributed by atoms with Crippen LogP contribution >= 0.6 is 11.6 Å². The molecule has 0 aromatic heterocycles. The minimum absolute atomic E-state index is 0.207. The fourth-order valence-electron chi connectivity index (χ4n) is 1.86. The molecule has 0 aliphatic heterocycles. The molecule has 0 saturated heterocycles. The first-order valence-electron chi connectivity index (χ1n) is 5.27. The van der Waals surface area contributed by atoms with Crippen LogP contribution in [0.1, 0.15) is 19.3 Å². The van der Waals surface area contributed by atoms with Gasteiger partial charge >= 0.3 is 0 Å². The number of benzene rings is 1. The Balaban J connectivity index is 2.27. The van der Waals surface area contributed by atoms with Gasteiger partial charge in [-0.05, 0) is 37.0 Å². The van der Waals surface area contributed by atoms with Crippen LogP contribution in [0, 0.1) is 5.92 Å². The van der Waals surface area contributed by atoms with Crippen LogP contribution in [-0.2, 0) is 9.84 Å². The van der Waals surface area contributed by atoms with Crippen LogP contribution in [0.4, 0.5) is 5.69 Å². The topological polar surface area (TPSA) is 60.2 Å². The van der Waals surface area contributed by atoms with Crippen molar-refractivity contribution in [1.29, 1.82) is 0 Å². The summed E-state index contributed by atoms with van der Waals surface area (Å²) in [6.07, 6.45) is 3.15. The zero-order valence-corrected chi connectivity index (χ0v) is 10.4. The molecule has 5 heteroatoms. The lowest BCUT2D eigenvalue weighted by Gasteiger charge is -2.25. The molecule has 1 fully saturated rings. The van der Waals surface area contributed by atoms with E-state index in [4.69, 9.17) is 17.3 Å². The summed E-state index contributed by atoms with van der Waals surface area (Å²) in [4.78, 5) is 0.212. The standard InChI is InChI=1S/C11H14ClNO2S/c12-9-4-5-11(10(13)6-9)16(14,15)7-8-2-1-3-8/h4-6,8H,1-3,7,13H2. The molecule has 3 nitrogen and oxygen atoms in total. The van der Waals surface area contributed by atoms with E-state index in [1.807, 2.05) is 0 Å². The van der Waals surface area contributed by atoms with E-state index in [-0.39, 0.29) is 16.3 Å². The Hall–Kier alpha value is -0.740. The van der Waals surface area contributed by atoms with Crippen LogP contribution in [0.25, 0.3) is 0 Å². The molecule has 0 bridgehead atoms. The van der Waals surface area contributed by atoms with E-state index >= 15 is 0 Å². The van der Waals surface area contributed by atoms with Gasteiger partial charge in [0, 0.05) is 5.02 Å². The molecule has 0 heterocycles. The van der Waals surface area contributed by atoms with E-state index in [1.54, 1.807) is 6.07 Å². The second-order valence-corrected chi connectivity index (χ2v) is 6.70. The molecule has 1 aromatic rings. The number of rotatable bonds is 3. The Morgan fingerprint density at radius 3 is 2.56 bits per heavy atom. The van der Waals surface area contributed by atoms with Gasteiger partial charge in [0.1, 0.15) is 0 Å². The molecule has 1 aliphatic rings. The first kappa shape index (κ1) is 11.7. The summed E-state index contributed by atoms with van der Waals surface area (Å²) in [5.74, 6) is 0.513. The fraction of sp³-hybridized carbons (Fsp3) is 0.455. The number of halogens is 1. The highest BCUT2D eigenvalue weighted by Crippen LogP contribution is 2.31. The molecule has 1 aliphatic carbocycles. The maximum atomic E-state index is 12.0. The molecule has 0 spiro atoms. The number of anilines is 1. The highest BCUT2D eigenvalue weighted by Gasteiger charge is 2.27. The zero-order chi connectivity index (χ0) is 11.8. The third kappa shape index (κ3) is 2.33. The van der Waals surface area contributed by atoms with E-state index in [2.05, 4.69) is 0 Å². The molecule has 0 amide bonds. The Labute approximate surface area is 101 Å². The van der Waals surface area contributed by atoms with E-state index in [9.17, 15) is 8.42 Å². The minimum Gasteiger partial charge on any atom is -0.398 e. The van der Waals surface area contributed by atoms with Gasteiger partial charge in [0.15, 0.2) is 9.84 Å². The molecule has 1 aromatic carbocycles. The van der Waals surface area contributed by atoms with E-state index in [1.165, 1.54) is 12.1 Å². The third-order valence-corrected chi connectivity index (χ3v) is 5.17. The smallest absolute Gasteiger partial charge is 0.180 e. The molecular weight excluding hydrogens is 246 g/mol. The predicted molar refractivity (Wildman–Crippen MR) is 65.3 cm³/mol. The summed E-state index contributed by atoms with van der Waals surface area (Å²) in [6.45, 7) is 0. The lowest BCUT2D eigenvalue weighted by atomic mass is 9.87. The van der Waals surface area contributed by atoms with Crippen molar-refractivity contribution in [3.8, 4) is 0 Å². The highest BCUT2D eigenvalue weighted by molar-refractivity contribution is 7.91. The predicted octanol–water partition coefficient (Wildman–Crippen LogP) is 2.50. The largest absolute Gasteiger partial charge is 0.398 e. The summed E-state index contributed by atoms with van der Waals surface area (Å²) in [7, 11) is -3.25. The first-order valence-corrected chi connectivity index (χ1v) is 7.30. The van der Waals surface area contributed by atoms with Gasteiger partial charge in [0.2, 0.25) is 0 Å². The van der Waals surface area contributed by atoms with Gasteiger partial charge in [0.25, 0.3) is 0 Å². The number of nitrogen functional groups attached to an aromatic ring is 1. The Kier molecular flexibility index (Phi) is 3.13. The van der Waals surface area contributed by atoms with Gasteiger partial charge < -0.3 is 5.73 Å². The number of nitrogens with two attached hydrogens (primary N) is 1. The second kappa shape index (κ2) is 4.26. The van der Waals surface area contributed by atoms with Crippen molar-refractivity contribution >= 4 is 27.1 Å². The summed E-state index contributed by atoms with van der Waals surface area (Å²) in [6, 6.07) is 4.53. The van der Waals surface area contributed by atoms with Crippen molar-refractivity contribution in [1.82, 2.24) is 0 Å². The van der Waals surface area contributed by atoms with Gasteiger partial charge in [-0.15, -0.1) is 0 Å². The van der Waals surface area contributed by atoms with E-state index in [0.717, 1.165) is 19.3 Å². The maximum Gasteiger partial charge on any atom is 0.180 e. The van der Waals surface area contributed by atoms with Crippen molar-refractivity contribution in [2.24, 2.45) is 5.92 Å².